The summed E-state index contributed by atoms with van der Waals surface area (Å²) in [5, 5.41) is 3.73. The molecule has 2 aromatic carbocycles. The topological polar surface area (TPSA) is 69.0 Å². The lowest BCUT2D eigenvalue weighted by Crippen LogP contribution is -2.24. The van der Waals surface area contributed by atoms with E-state index in [1.807, 2.05) is 74.0 Å². The van der Waals surface area contributed by atoms with Crippen molar-refractivity contribution < 1.29 is 9.53 Å². The summed E-state index contributed by atoms with van der Waals surface area (Å²) in [6.45, 7) is 4.57. The molecule has 0 saturated carbocycles. The normalized spacial score (nSPS) is 11.0. The van der Waals surface area contributed by atoms with E-state index >= 15 is 0 Å². The first-order valence-corrected chi connectivity index (χ1v) is 10.2. The largest absolute Gasteiger partial charge is 0.486 e. The first kappa shape index (κ1) is 19.1. The standard InChI is InChI=1S/C22H22N4O2S/c1-14-8-10-16(11-9-14)28-13-20-24-15(2)21(29-20)22(27)23-12-19-25-17-6-4-5-7-18(17)26(19)3/h4-11H,12-13H2,1-3H3,(H,23,27). The summed E-state index contributed by atoms with van der Waals surface area (Å²) in [5.41, 5.74) is 3.85. The SMILES string of the molecule is Cc1ccc(OCc2nc(C)c(C(=O)NCc3nc4ccccc4n3C)s2)cc1. The van der Waals surface area contributed by atoms with Gasteiger partial charge in [0.2, 0.25) is 0 Å². The van der Waals surface area contributed by atoms with Crippen LogP contribution in [0.4, 0.5) is 0 Å². The van der Waals surface area contributed by atoms with Crippen molar-refractivity contribution in [2.75, 3.05) is 0 Å². The van der Waals surface area contributed by atoms with Gasteiger partial charge in [-0.15, -0.1) is 11.3 Å². The van der Waals surface area contributed by atoms with Crippen molar-refractivity contribution in [1.29, 1.82) is 0 Å². The van der Waals surface area contributed by atoms with Crippen LogP contribution in [0.2, 0.25) is 0 Å². The Morgan fingerprint density at radius 2 is 1.86 bits per heavy atom. The third-order valence-electron chi connectivity index (χ3n) is 4.72. The average Bonchev–Trinajstić information content (AvgIpc) is 3.26. The number of aryl methyl sites for hydroxylation is 3. The monoisotopic (exact) mass is 406 g/mol. The van der Waals surface area contributed by atoms with Crippen LogP contribution in [0.1, 0.15) is 31.8 Å². The van der Waals surface area contributed by atoms with E-state index < -0.39 is 0 Å². The molecule has 0 saturated heterocycles. The van der Waals surface area contributed by atoms with E-state index in [0.717, 1.165) is 27.6 Å². The summed E-state index contributed by atoms with van der Waals surface area (Å²) >= 11 is 1.36. The molecule has 0 aliphatic heterocycles. The highest BCUT2D eigenvalue weighted by molar-refractivity contribution is 7.13. The summed E-state index contributed by atoms with van der Waals surface area (Å²) in [7, 11) is 1.95. The molecule has 0 radical (unpaired) electrons. The molecule has 7 heteroatoms. The number of imidazole rings is 1. The number of para-hydroxylation sites is 2. The van der Waals surface area contributed by atoms with Gasteiger partial charge in [-0.25, -0.2) is 9.97 Å². The Hall–Kier alpha value is -3.19. The molecule has 148 valence electrons. The fourth-order valence-corrected chi connectivity index (χ4v) is 3.99. The molecule has 0 fully saturated rings. The number of aromatic nitrogens is 3. The maximum atomic E-state index is 12.7. The van der Waals surface area contributed by atoms with Crippen molar-refractivity contribution in [1.82, 2.24) is 19.9 Å². The van der Waals surface area contributed by atoms with Crippen LogP contribution in [0.25, 0.3) is 11.0 Å². The fourth-order valence-electron chi connectivity index (χ4n) is 3.10. The Balaban J connectivity index is 1.40. The van der Waals surface area contributed by atoms with E-state index in [1.54, 1.807) is 0 Å². The Bertz CT molecular complexity index is 1160. The molecule has 4 aromatic rings. The average molecular weight is 407 g/mol. The molecule has 29 heavy (non-hydrogen) atoms. The molecule has 1 N–H and O–H groups in total. The van der Waals surface area contributed by atoms with Crippen LogP contribution in [-0.2, 0) is 20.2 Å². The summed E-state index contributed by atoms with van der Waals surface area (Å²) in [6, 6.07) is 15.8. The molecule has 0 atom stereocenters. The summed E-state index contributed by atoms with van der Waals surface area (Å²) < 4.78 is 7.77. The van der Waals surface area contributed by atoms with Crippen LogP contribution in [0.3, 0.4) is 0 Å². The number of fused-ring (bicyclic) bond motifs is 1. The number of benzene rings is 2. The van der Waals surface area contributed by atoms with Gasteiger partial charge in [-0.1, -0.05) is 29.8 Å². The van der Waals surface area contributed by atoms with Crippen molar-refractivity contribution in [3.63, 3.8) is 0 Å². The fraction of sp³-hybridized carbons (Fsp3) is 0.227. The van der Waals surface area contributed by atoms with Gasteiger partial charge in [0.15, 0.2) is 0 Å². The maximum absolute atomic E-state index is 12.7. The van der Waals surface area contributed by atoms with Gasteiger partial charge < -0.3 is 14.6 Å². The van der Waals surface area contributed by atoms with Gasteiger partial charge in [0.25, 0.3) is 5.91 Å². The van der Waals surface area contributed by atoms with Gasteiger partial charge in [-0.2, -0.15) is 0 Å². The van der Waals surface area contributed by atoms with Gasteiger partial charge in [0, 0.05) is 7.05 Å². The van der Waals surface area contributed by atoms with E-state index in [0.29, 0.717) is 23.7 Å². The molecule has 6 nitrogen and oxygen atoms in total. The molecule has 0 aliphatic rings. The van der Waals surface area contributed by atoms with Crippen LogP contribution in [0, 0.1) is 13.8 Å². The van der Waals surface area contributed by atoms with Crippen LogP contribution < -0.4 is 10.1 Å². The van der Waals surface area contributed by atoms with Gasteiger partial charge in [-0.3, -0.25) is 4.79 Å². The number of amides is 1. The Labute approximate surface area is 173 Å². The van der Waals surface area contributed by atoms with Gasteiger partial charge >= 0.3 is 0 Å². The van der Waals surface area contributed by atoms with Crippen LogP contribution in [0.15, 0.2) is 48.5 Å². The number of nitrogens with one attached hydrogen (secondary N) is 1. The first-order chi connectivity index (χ1) is 14.0. The molecule has 0 aliphatic carbocycles. The molecule has 1 amide bonds. The summed E-state index contributed by atoms with van der Waals surface area (Å²) in [6.07, 6.45) is 0. The summed E-state index contributed by atoms with van der Waals surface area (Å²) in [5.74, 6) is 1.45. The lowest BCUT2D eigenvalue weighted by molar-refractivity contribution is 0.0953. The van der Waals surface area contributed by atoms with E-state index in [1.165, 1.54) is 16.9 Å². The third kappa shape index (κ3) is 4.14. The van der Waals surface area contributed by atoms with Crippen molar-refractivity contribution >= 4 is 28.3 Å². The quantitative estimate of drug-likeness (QED) is 0.522. The van der Waals surface area contributed by atoms with Gasteiger partial charge in [0.1, 0.15) is 28.1 Å². The lowest BCUT2D eigenvalue weighted by atomic mass is 10.2. The number of ether oxygens (including phenoxy) is 1. The summed E-state index contributed by atoms with van der Waals surface area (Å²) in [4.78, 5) is 22.3. The van der Waals surface area contributed by atoms with E-state index in [4.69, 9.17) is 4.74 Å². The molecule has 0 unspecified atom stereocenters. The van der Waals surface area contributed by atoms with Gasteiger partial charge in [-0.05, 0) is 38.1 Å². The highest BCUT2D eigenvalue weighted by atomic mass is 32.1. The zero-order chi connectivity index (χ0) is 20.4. The highest BCUT2D eigenvalue weighted by Crippen LogP contribution is 2.21. The maximum Gasteiger partial charge on any atom is 0.263 e. The van der Waals surface area contributed by atoms with E-state index in [2.05, 4.69) is 15.3 Å². The molecule has 2 aromatic heterocycles. The minimum Gasteiger partial charge on any atom is -0.486 e. The predicted molar refractivity (Wildman–Crippen MR) is 114 cm³/mol. The molecule has 4 rings (SSSR count). The number of carbonyl (C=O) groups is 1. The number of hydrogen-bond donors (Lipinski definition) is 1. The van der Waals surface area contributed by atoms with Crippen molar-refractivity contribution in [3.8, 4) is 5.75 Å². The molecule has 0 spiro atoms. The lowest BCUT2D eigenvalue weighted by Gasteiger charge is -2.05. The number of hydrogen-bond acceptors (Lipinski definition) is 5. The smallest absolute Gasteiger partial charge is 0.263 e. The number of nitrogens with zero attached hydrogens (tertiary/aromatic N) is 3. The number of thiazole rings is 1. The van der Waals surface area contributed by atoms with E-state index in [-0.39, 0.29) is 5.91 Å². The Morgan fingerprint density at radius 1 is 1.10 bits per heavy atom. The third-order valence-corrected chi connectivity index (χ3v) is 5.85. The second kappa shape index (κ2) is 8.05. The van der Waals surface area contributed by atoms with Crippen LogP contribution >= 0.6 is 11.3 Å². The van der Waals surface area contributed by atoms with Crippen LogP contribution in [-0.4, -0.2) is 20.4 Å². The number of rotatable bonds is 6. The Morgan fingerprint density at radius 3 is 2.62 bits per heavy atom. The van der Waals surface area contributed by atoms with Crippen LogP contribution in [0.5, 0.6) is 5.75 Å². The zero-order valence-electron chi connectivity index (χ0n) is 16.6. The predicted octanol–water partition coefficient (Wildman–Crippen LogP) is 4.16. The second-order valence-corrected chi connectivity index (χ2v) is 7.97. The minimum absolute atomic E-state index is 0.145. The molecule has 2 heterocycles. The molecular weight excluding hydrogens is 384 g/mol. The van der Waals surface area contributed by atoms with E-state index in [9.17, 15) is 4.79 Å². The van der Waals surface area contributed by atoms with Gasteiger partial charge in [0.05, 0.1) is 23.3 Å². The van der Waals surface area contributed by atoms with Crippen molar-refractivity contribution in [2.45, 2.75) is 27.0 Å². The zero-order valence-corrected chi connectivity index (χ0v) is 17.4. The molecule has 0 bridgehead atoms. The molecular formula is C22H22N4O2S. The van der Waals surface area contributed by atoms with Crippen molar-refractivity contribution in [2.24, 2.45) is 7.05 Å². The highest BCUT2D eigenvalue weighted by Gasteiger charge is 2.16. The minimum atomic E-state index is -0.145. The Kier molecular flexibility index (Phi) is 5.31. The van der Waals surface area contributed by atoms with Crippen molar-refractivity contribution in [3.05, 3.63) is 75.5 Å². The number of carbonyl (C=O) groups excluding carboxylic acids is 1. The second-order valence-electron chi connectivity index (χ2n) is 6.88. The first-order valence-electron chi connectivity index (χ1n) is 9.35.